The smallest absolute Gasteiger partial charge is 0.329 e. The van der Waals surface area contributed by atoms with Crippen LogP contribution in [0.1, 0.15) is 82.6 Å². The van der Waals surface area contributed by atoms with Crippen molar-refractivity contribution in [1.29, 1.82) is 0 Å². The molecule has 0 bridgehead atoms. The van der Waals surface area contributed by atoms with Crippen molar-refractivity contribution in [2.45, 2.75) is 55.1 Å². The Morgan fingerprint density at radius 1 is 0.737 bits per heavy atom. The van der Waals surface area contributed by atoms with E-state index in [1.54, 1.807) is 79.7 Å². The molecule has 16 heteroatoms. The number of anilines is 1. The largest absolute Gasteiger partial charge is 0.491 e. The normalized spacial score (nSPS) is 21.3. The Kier molecular flexibility index (Phi) is 15.7. The number of urea groups is 1. The van der Waals surface area contributed by atoms with Gasteiger partial charge in [-0.15, -0.1) is 0 Å². The zero-order chi connectivity index (χ0) is 53.5. The molecule has 16 nitrogen and oxygen atoms in total. The number of methoxy groups -OCH3 is 2. The summed E-state index contributed by atoms with van der Waals surface area (Å²) >= 11 is 0. The van der Waals surface area contributed by atoms with Gasteiger partial charge in [-0.2, -0.15) is 0 Å². The van der Waals surface area contributed by atoms with E-state index in [0.717, 1.165) is 24.7 Å². The first-order chi connectivity index (χ1) is 36.9. The Hall–Kier alpha value is -8.62. The van der Waals surface area contributed by atoms with E-state index in [9.17, 15) is 19.8 Å². The van der Waals surface area contributed by atoms with Crippen LogP contribution in [0.25, 0.3) is 0 Å². The van der Waals surface area contributed by atoms with Crippen molar-refractivity contribution in [1.82, 2.24) is 15.5 Å². The van der Waals surface area contributed by atoms with E-state index in [2.05, 4.69) is 22.5 Å². The van der Waals surface area contributed by atoms with E-state index in [1.165, 1.54) is 0 Å². The van der Waals surface area contributed by atoms with Gasteiger partial charge in [0.25, 0.3) is 0 Å². The molecule has 3 heterocycles. The van der Waals surface area contributed by atoms with Crippen LogP contribution < -0.4 is 20.3 Å². The van der Waals surface area contributed by atoms with Gasteiger partial charge >= 0.3 is 23.9 Å². The highest BCUT2D eigenvalue weighted by Gasteiger charge is 2.75. The molecule has 0 saturated carbocycles. The van der Waals surface area contributed by atoms with Gasteiger partial charge in [-0.1, -0.05) is 145 Å². The first-order valence-corrected chi connectivity index (χ1v) is 24.8. The number of imide groups is 1. The molecule has 2 fully saturated rings. The van der Waals surface area contributed by atoms with Crippen molar-refractivity contribution in [3.05, 3.63) is 203 Å². The molecule has 2 saturated heterocycles. The van der Waals surface area contributed by atoms with Crippen LogP contribution in [-0.2, 0) is 43.6 Å². The second kappa shape index (κ2) is 22.9. The molecule has 388 valence electrons. The first kappa shape index (κ1) is 52.3. The van der Waals surface area contributed by atoms with Gasteiger partial charge in [-0.05, 0) is 70.6 Å². The van der Waals surface area contributed by atoms with Crippen molar-refractivity contribution in [2.75, 3.05) is 38.9 Å². The van der Waals surface area contributed by atoms with E-state index >= 15 is 19.2 Å². The summed E-state index contributed by atoms with van der Waals surface area (Å²) in [4.78, 5) is 91.8. The van der Waals surface area contributed by atoms with Crippen LogP contribution in [0.4, 0.5) is 10.5 Å². The number of cyclic esters (lactones) is 1. The molecule has 6 aromatic carbocycles. The van der Waals surface area contributed by atoms with Crippen molar-refractivity contribution in [2.24, 2.45) is 11.8 Å². The Morgan fingerprint density at radius 3 is 1.97 bits per heavy atom. The van der Waals surface area contributed by atoms with Crippen LogP contribution in [0.5, 0.6) is 5.75 Å². The molecule has 3 aliphatic heterocycles. The van der Waals surface area contributed by atoms with Crippen LogP contribution in [-0.4, -0.2) is 90.9 Å². The van der Waals surface area contributed by atoms with E-state index in [4.69, 9.17) is 18.9 Å². The molecular weight excluding hydrogens is 969 g/mol. The predicted octanol–water partition coefficient (Wildman–Crippen LogP) is 6.75. The number of benzene rings is 6. The Morgan fingerprint density at radius 2 is 1.34 bits per heavy atom. The highest BCUT2D eigenvalue weighted by atomic mass is 16.6. The number of aliphatic hydroxyl groups excluding tert-OH is 2. The molecule has 9 rings (SSSR count). The minimum atomic E-state index is -2.22. The van der Waals surface area contributed by atoms with Gasteiger partial charge in [0.05, 0.1) is 56.7 Å². The standard InChI is InChI=1S/C60H56N4O12/c1-37(39-19-8-4-9-20-39)62-59(72)63-47-31-30-38(18-16-29-45(55(68)73-2)56(69)74-3)34-46(47)60(58(63)71)49(54(67)61-36-48(66)40-21-10-5-11-22-40)51-57(70)76-52(42-25-14-7-15-26-42)50(41-23-12-6-13-24-41)64(51)53(60)43-27-17-28-44(35-43)75-33-32-65/h4-15,17,19-28,30-31,34-35,37,45,48-53,65-66H,29,32-33,36H2,1-3H3,(H,61,67)(H,62,72)/t37-,48+,49-,50-,51-,52+,53+,60-/m1/s1. The highest BCUT2D eigenvalue weighted by molar-refractivity contribution is 6.24. The number of nitrogens with one attached hydrogen (secondary N) is 2. The second-order valence-corrected chi connectivity index (χ2v) is 18.6. The summed E-state index contributed by atoms with van der Waals surface area (Å²) < 4.78 is 22.3. The monoisotopic (exact) mass is 1020 g/mol. The molecule has 0 radical (unpaired) electrons. The number of amides is 4. The van der Waals surface area contributed by atoms with Crippen LogP contribution >= 0.6 is 0 Å². The Bertz CT molecular complexity index is 3150. The van der Waals surface area contributed by atoms with Gasteiger partial charge in [-0.25, -0.2) is 9.69 Å². The lowest BCUT2D eigenvalue weighted by Gasteiger charge is -2.46. The molecule has 6 aromatic rings. The molecule has 0 aromatic heterocycles. The van der Waals surface area contributed by atoms with Gasteiger partial charge < -0.3 is 39.8 Å². The van der Waals surface area contributed by atoms with Crippen LogP contribution in [0, 0.1) is 23.7 Å². The van der Waals surface area contributed by atoms with Crippen molar-refractivity contribution in [3.8, 4) is 17.6 Å². The lowest BCUT2D eigenvalue weighted by molar-refractivity contribution is -0.178. The number of morpholine rings is 1. The number of ether oxygens (including phenoxy) is 4. The fraction of sp³-hybridized carbons (Fsp3) is 0.267. The number of rotatable bonds is 15. The fourth-order valence-electron chi connectivity index (χ4n) is 10.9. The summed E-state index contributed by atoms with van der Waals surface area (Å²) in [6.07, 6.45) is -2.55. The number of carbonyl (C=O) groups excluding carboxylic acids is 6. The zero-order valence-electron chi connectivity index (χ0n) is 41.9. The maximum atomic E-state index is 16.8. The topological polar surface area (TPSA) is 210 Å². The molecule has 4 amide bonds. The van der Waals surface area contributed by atoms with Gasteiger partial charge in [0, 0.05) is 18.5 Å². The molecule has 8 atom stereocenters. The molecule has 4 N–H and O–H groups in total. The Labute approximate surface area is 439 Å². The quantitative estimate of drug-likeness (QED) is 0.0364. The van der Waals surface area contributed by atoms with Crippen molar-refractivity contribution >= 4 is 41.4 Å². The van der Waals surface area contributed by atoms with Gasteiger partial charge in [0.2, 0.25) is 11.8 Å². The zero-order valence-corrected chi connectivity index (χ0v) is 41.9. The third kappa shape index (κ3) is 9.91. The minimum Gasteiger partial charge on any atom is -0.491 e. The molecule has 3 aliphatic rings. The third-order valence-electron chi connectivity index (χ3n) is 14.3. The molecule has 0 unspecified atom stereocenters. The van der Waals surface area contributed by atoms with Crippen molar-refractivity contribution in [3.63, 3.8) is 0 Å². The molecule has 76 heavy (non-hydrogen) atoms. The number of fused-ring (bicyclic) bond motifs is 3. The van der Waals surface area contributed by atoms with Gasteiger partial charge in [0.1, 0.15) is 29.9 Å². The number of carbonyl (C=O) groups is 6. The SMILES string of the molecule is COC(=O)C(CC#Cc1ccc2c(c1)[C@]1(C(=O)N2C(=O)N[C@H](C)c2ccccc2)[C@H](c2cccc(OCCO)c2)N2[C@H](c3ccccc3)[C@H](c3ccccc3)OC(=O)[C@H]2[C@@H]1C(=O)NC[C@H](O)c1ccccc1)C(=O)OC. The number of aliphatic hydroxyl groups is 2. The number of hydrogen-bond acceptors (Lipinski definition) is 13. The number of hydrogen-bond donors (Lipinski definition) is 4. The molecule has 0 aliphatic carbocycles. The predicted molar refractivity (Wildman–Crippen MR) is 278 cm³/mol. The lowest BCUT2D eigenvalue weighted by atomic mass is 9.65. The summed E-state index contributed by atoms with van der Waals surface area (Å²) in [5.74, 6) is -1.09. The number of nitrogens with zero attached hydrogens (tertiary/aromatic N) is 2. The maximum absolute atomic E-state index is 16.8. The summed E-state index contributed by atoms with van der Waals surface area (Å²) in [5.41, 5.74) is 1.19. The third-order valence-corrected chi connectivity index (χ3v) is 14.3. The highest BCUT2D eigenvalue weighted by Crippen LogP contribution is 2.66. The van der Waals surface area contributed by atoms with Gasteiger partial charge in [0.15, 0.2) is 5.92 Å². The second-order valence-electron chi connectivity index (χ2n) is 18.6. The number of esters is 3. The fourth-order valence-corrected chi connectivity index (χ4v) is 10.9. The van der Waals surface area contributed by atoms with Crippen LogP contribution in [0.3, 0.4) is 0 Å². The lowest BCUT2D eigenvalue weighted by Crippen LogP contribution is -2.56. The average molecular weight is 1030 g/mol. The van der Waals surface area contributed by atoms with E-state index in [-0.39, 0.29) is 43.0 Å². The Balaban J connectivity index is 1.33. The average Bonchev–Trinajstić information content (AvgIpc) is 4.16. The first-order valence-electron chi connectivity index (χ1n) is 24.8. The van der Waals surface area contributed by atoms with E-state index < -0.39 is 89.4 Å². The van der Waals surface area contributed by atoms with E-state index in [1.807, 2.05) is 95.9 Å². The molecular formula is C60H56N4O12. The maximum Gasteiger partial charge on any atom is 0.329 e. The van der Waals surface area contributed by atoms with Gasteiger partial charge in [-0.3, -0.25) is 28.9 Å². The van der Waals surface area contributed by atoms with Crippen LogP contribution in [0.15, 0.2) is 164 Å². The summed E-state index contributed by atoms with van der Waals surface area (Å²) in [7, 11) is 2.28. The molecule has 1 spiro atoms. The van der Waals surface area contributed by atoms with Crippen molar-refractivity contribution < 1.29 is 57.9 Å². The summed E-state index contributed by atoms with van der Waals surface area (Å²) in [6, 6.07) is 42.6. The van der Waals surface area contributed by atoms with Crippen LogP contribution in [0.2, 0.25) is 0 Å². The summed E-state index contributed by atoms with van der Waals surface area (Å²) in [5, 5.41) is 27.3. The van der Waals surface area contributed by atoms with E-state index in [0.29, 0.717) is 28.0 Å². The minimum absolute atomic E-state index is 0.0826. The summed E-state index contributed by atoms with van der Waals surface area (Å²) in [6.45, 7) is 1.03.